The van der Waals surface area contributed by atoms with E-state index >= 15 is 0 Å². The SMILES string of the molecule is CCOc1cc(Cl)ccc1CNC(=O)[C@H]1CCN[C@@H](C)C1.Cl. The topological polar surface area (TPSA) is 50.4 Å². The molecule has 2 rings (SSSR count). The average molecular weight is 347 g/mol. The van der Waals surface area contributed by atoms with Gasteiger partial charge < -0.3 is 15.4 Å². The highest BCUT2D eigenvalue weighted by Crippen LogP contribution is 2.24. The lowest BCUT2D eigenvalue weighted by atomic mass is 9.92. The number of hydrogen-bond donors (Lipinski definition) is 2. The van der Waals surface area contributed by atoms with Crippen LogP contribution < -0.4 is 15.4 Å². The van der Waals surface area contributed by atoms with Gasteiger partial charge in [-0.1, -0.05) is 17.7 Å². The fraction of sp³-hybridized carbons (Fsp3) is 0.562. The number of piperidine rings is 1. The van der Waals surface area contributed by atoms with Crippen molar-refractivity contribution in [1.82, 2.24) is 10.6 Å². The maximum absolute atomic E-state index is 12.2. The lowest BCUT2D eigenvalue weighted by Crippen LogP contribution is -2.42. The van der Waals surface area contributed by atoms with Crippen LogP contribution in [0.5, 0.6) is 5.75 Å². The van der Waals surface area contributed by atoms with Gasteiger partial charge in [-0.3, -0.25) is 4.79 Å². The van der Waals surface area contributed by atoms with Crippen LogP contribution in [-0.4, -0.2) is 25.1 Å². The highest BCUT2D eigenvalue weighted by Gasteiger charge is 2.24. The number of halogens is 2. The predicted octanol–water partition coefficient (Wildman–Crippen LogP) is 3.16. The van der Waals surface area contributed by atoms with Crippen LogP contribution in [0.3, 0.4) is 0 Å². The highest BCUT2D eigenvalue weighted by molar-refractivity contribution is 6.30. The molecular formula is C16H24Cl2N2O2. The van der Waals surface area contributed by atoms with Crippen molar-refractivity contribution in [2.45, 2.75) is 39.3 Å². The zero-order chi connectivity index (χ0) is 15.2. The van der Waals surface area contributed by atoms with Crippen LogP contribution in [0.2, 0.25) is 5.02 Å². The summed E-state index contributed by atoms with van der Waals surface area (Å²) >= 11 is 5.98. The second-order valence-electron chi connectivity index (χ2n) is 5.48. The van der Waals surface area contributed by atoms with Crippen molar-refractivity contribution in [2.75, 3.05) is 13.2 Å². The van der Waals surface area contributed by atoms with E-state index in [1.54, 1.807) is 6.07 Å². The second kappa shape index (κ2) is 9.23. The molecule has 0 bridgehead atoms. The van der Waals surface area contributed by atoms with Crippen LogP contribution in [-0.2, 0) is 11.3 Å². The molecule has 1 heterocycles. The Balaban J connectivity index is 0.00000242. The maximum Gasteiger partial charge on any atom is 0.223 e. The van der Waals surface area contributed by atoms with E-state index in [0.717, 1.165) is 30.7 Å². The van der Waals surface area contributed by atoms with E-state index in [0.29, 0.717) is 24.2 Å². The van der Waals surface area contributed by atoms with Crippen molar-refractivity contribution in [3.05, 3.63) is 28.8 Å². The number of carbonyl (C=O) groups is 1. The minimum Gasteiger partial charge on any atom is -0.493 e. The molecule has 1 aromatic rings. The van der Waals surface area contributed by atoms with E-state index in [1.165, 1.54) is 0 Å². The van der Waals surface area contributed by atoms with Gasteiger partial charge in [0.25, 0.3) is 0 Å². The van der Waals surface area contributed by atoms with Crippen LogP contribution in [0.15, 0.2) is 18.2 Å². The van der Waals surface area contributed by atoms with E-state index in [9.17, 15) is 4.79 Å². The van der Waals surface area contributed by atoms with Gasteiger partial charge >= 0.3 is 0 Å². The van der Waals surface area contributed by atoms with Gasteiger partial charge in [0.1, 0.15) is 5.75 Å². The zero-order valence-electron chi connectivity index (χ0n) is 13.0. The van der Waals surface area contributed by atoms with Crippen molar-refractivity contribution in [1.29, 1.82) is 0 Å². The van der Waals surface area contributed by atoms with Gasteiger partial charge in [0.2, 0.25) is 5.91 Å². The number of hydrogen-bond acceptors (Lipinski definition) is 3. The minimum absolute atomic E-state index is 0. The van der Waals surface area contributed by atoms with E-state index < -0.39 is 0 Å². The molecule has 22 heavy (non-hydrogen) atoms. The molecule has 0 radical (unpaired) electrons. The number of benzene rings is 1. The van der Waals surface area contributed by atoms with Gasteiger partial charge in [0.05, 0.1) is 6.61 Å². The lowest BCUT2D eigenvalue weighted by molar-refractivity contribution is -0.126. The van der Waals surface area contributed by atoms with Crippen LogP contribution in [0.25, 0.3) is 0 Å². The Kier molecular flexibility index (Phi) is 8.01. The average Bonchev–Trinajstić information content (AvgIpc) is 2.46. The van der Waals surface area contributed by atoms with Gasteiger partial charge in [0, 0.05) is 29.1 Å². The summed E-state index contributed by atoms with van der Waals surface area (Å²) in [6, 6.07) is 5.92. The molecule has 1 aliphatic heterocycles. The summed E-state index contributed by atoms with van der Waals surface area (Å²) in [5, 5.41) is 7.02. The summed E-state index contributed by atoms with van der Waals surface area (Å²) in [6.45, 7) is 6.01. The van der Waals surface area contributed by atoms with Crippen LogP contribution in [0.4, 0.5) is 0 Å². The normalized spacial score (nSPS) is 20.9. The van der Waals surface area contributed by atoms with Crippen molar-refractivity contribution >= 4 is 29.9 Å². The van der Waals surface area contributed by atoms with Gasteiger partial charge in [0.15, 0.2) is 0 Å². The van der Waals surface area contributed by atoms with Crippen molar-refractivity contribution < 1.29 is 9.53 Å². The molecule has 1 aromatic carbocycles. The third-order valence-corrected chi connectivity index (χ3v) is 4.01. The van der Waals surface area contributed by atoms with Crippen LogP contribution in [0, 0.1) is 5.92 Å². The molecule has 0 saturated carbocycles. The number of carbonyl (C=O) groups excluding carboxylic acids is 1. The Bertz CT molecular complexity index is 497. The first kappa shape index (κ1) is 19.1. The van der Waals surface area contributed by atoms with Gasteiger partial charge in [-0.25, -0.2) is 0 Å². The quantitative estimate of drug-likeness (QED) is 0.860. The largest absolute Gasteiger partial charge is 0.493 e. The Hall–Kier alpha value is -0.970. The molecule has 1 aliphatic rings. The van der Waals surface area contributed by atoms with Crippen molar-refractivity contribution in [3.63, 3.8) is 0 Å². The predicted molar refractivity (Wildman–Crippen MR) is 91.9 cm³/mol. The molecule has 1 fully saturated rings. The standard InChI is InChI=1S/C16H23ClN2O2.ClH/c1-3-21-15-9-14(17)5-4-13(15)10-19-16(20)12-6-7-18-11(2)8-12;/h4-5,9,11-12,18H,3,6-8,10H2,1-2H3,(H,19,20);1H/t11-,12-;/m0./s1. The Morgan fingerprint density at radius 3 is 2.95 bits per heavy atom. The zero-order valence-corrected chi connectivity index (χ0v) is 14.6. The monoisotopic (exact) mass is 346 g/mol. The van der Waals surface area contributed by atoms with Gasteiger partial charge in [-0.05, 0) is 45.4 Å². The lowest BCUT2D eigenvalue weighted by Gasteiger charge is -2.27. The molecular weight excluding hydrogens is 323 g/mol. The number of ether oxygens (including phenoxy) is 1. The second-order valence-corrected chi connectivity index (χ2v) is 5.92. The molecule has 4 nitrogen and oxygen atoms in total. The van der Waals surface area contributed by atoms with Crippen molar-refractivity contribution in [2.24, 2.45) is 5.92 Å². The minimum atomic E-state index is 0. The molecule has 0 unspecified atom stereocenters. The molecule has 1 saturated heterocycles. The van der Waals surface area contributed by atoms with E-state index in [4.69, 9.17) is 16.3 Å². The molecule has 0 aliphatic carbocycles. The molecule has 1 amide bonds. The molecule has 124 valence electrons. The third-order valence-electron chi connectivity index (χ3n) is 3.78. The molecule has 6 heteroatoms. The molecule has 0 aromatic heterocycles. The number of nitrogens with one attached hydrogen (secondary N) is 2. The first-order valence-corrected chi connectivity index (χ1v) is 7.90. The Morgan fingerprint density at radius 1 is 1.50 bits per heavy atom. The first-order valence-electron chi connectivity index (χ1n) is 7.52. The van der Waals surface area contributed by atoms with Gasteiger partial charge in [-0.15, -0.1) is 12.4 Å². The smallest absolute Gasteiger partial charge is 0.223 e. The number of amides is 1. The van der Waals surface area contributed by atoms with Crippen molar-refractivity contribution in [3.8, 4) is 5.75 Å². The summed E-state index contributed by atoms with van der Waals surface area (Å²) in [6.07, 6.45) is 1.79. The van der Waals surface area contributed by atoms with Crippen LogP contribution in [0.1, 0.15) is 32.3 Å². The molecule has 2 N–H and O–H groups in total. The molecule has 2 atom stereocenters. The fourth-order valence-electron chi connectivity index (χ4n) is 2.66. The number of rotatable bonds is 5. The Morgan fingerprint density at radius 2 is 2.27 bits per heavy atom. The van der Waals surface area contributed by atoms with Gasteiger partial charge in [-0.2, -0.15) is 0 Å². The highest BCUT2D eigenvalue weighted by atomic mass is 35.5. The van der Waals surface area contributed by atoms with E-state index in [1.807, 2.05) is 19.1 Å². The molecule has 0 spiro atoms. The summed E-state index contributed by atoms with van der Waals surface area (Å²) in [7, 11) is 0. The summed E-state index contributed by atoms with van der Waals surface area (Å²) < 4.78 is 5.57. The van der Waals surface area contributed by atoms with E-state index in [2.05, 4.69) is 17.6 Å². The Labute approximate surface area is 143 Å². The van der Waals surface area contributed by atoms with E-state index in [-0.39, 0.29) is 24.2 Å². The summed E-state index contributed by atoms with van der Waals surface area (Å²) in [5.41, 5.74) is 0.955. The maximum atomic E-state index is 12.2. The first-order chi connectivity index (χ1) is 10.1. The fourth-order valence-corrected chi connectivity index (χ4v) is 2.82. The third kappa shape index (κ3) is 5.34. The van der Waals surface area contributed by atoms with Crippen LogP contribution >= 0.6 is 24.0 Å². The summed E-state index contributed by atoms with van der Waals surface area (Å²) in [4.78, 5) is 12.2. The summed E-state index contributed by atoms with van der Waals surface area (Å²) in [5.74, 6) is 0.967.